The SMILES string of the molecule is CCOc1ccc(/C=C/c2nc3cc(C(=O)[O-])ccc3n(CC)c2=O)cc1OC. The fraction of sp³-hybridized carbons (Fsp3) is 0.227. The first kappa shape index (κ1) is 20.1. The number of carbonyl (C=O) groups excluding carboxylic acids is 1. The molecular formula is C22H21N2O5-. The quantitative estimate of drug-likeness (QED) is 0.612. The number of aryl methyl sites for hydroxylation is 1. The molecule has 0 amide bonds. The molecule has 3 aromatic rings. The third-order valence-electron chi connectivity index (χ3n) is 4.44. The second kappa shape index (κ2) is 8.60. The maximum Gasteiger partial charge on any atom is 0.276 e. The Morgan fingerprint density at radius 3 is 2.59 bits per heavy atom. The van der Waals surface area contributed by atoms with Crippen molar-refractivity contribution in [3.63, 3.8) is 0 Å². The predicted molar refractivity (Wildman–Crippen MR) is 109 cm³/mol. The molecule has 0 N–H and O–H groups in total. The minimum absolute atomic E-state index is 0.0116. The number of rotatable bonds is 7. The van der Waals surface area contributed by atoms with Crippen LogP contribution in [0.15, 0.2) is 41.2 Å². The van der Waals surface area contributed by atoms with Gasteiger partial charge in [-0.05, 0) is 55.3 Å². The van der Waals surface area contributed by atoms with E-state index in [2.05, 4.69) is 4.98 Å². The minimum Gasteiger partial charge on any atom is -0.545 e. The number of hydrogen-bond donors (Lipinski definition) is 0. The van der Waals surface area contributed by atoms with Crippen molar-refractivity contribution in [2.24, 2.45) is 0 Å². The molecule has 0 spiro atoms. The highest BCUT2D eigenvalue weighted by Crippen LogP contribution is 2.28. The molecule has 0 aliphatic heterocycles. The van der Waals surface area contributed by atoms with Gasteiger partial charge in [-0.3, -0.25) is 4.79 Å². The van der Waals surface area contributed by atoms with Crippen LogP contribution < -0.4 is 20.1 Å². The Kier molecular flexibility index (Phi) is 5.97. The van der Waals surface area contributed by atoms with Crippen molar-refractivity contribution in [1.29, 1.82) is 0 Å². The van der Waals surface area contributed by atoms with E-state index < -0.39 is 5.97 Å². The van der Waals surface area contributed by atoms with Gasteiger partial charge >= 0.3 is 0 Å². The van der Waals surface area contributed by atoms with E-state index in [-0.39, 0.29) is 16.8 Å². The van der Waals surface area contributed by atoms with Crippen molar-refractivity contribution in [2.75, 3.05) is 13.7 Å². The van der Waals surface area contributed by atoms with Crippen molar-refractivity contribution < 1.29 is 19.4 Å². The highest BCUT2D eigenvalue weighted by Gasteiger charge is 2.10. The van der Waals surface area contributed by atoms with Crippen molar-refractivity contribution in [3.8, 4) is 11.5 Å². The van der Waals surface area contributed by atoms with Gasteiger partial charge in [0, 0.05) is 6.54 Å². The summed E-state index contributed by atoms with van der Waals surface area (Å²) in [6.45, 7) is 4.69. The van der Waals surface area contributed by atoms with Crippen LogP contribution in [0.3, 0.4) is 0 Å². The Morgan fingerprint density at radius 1 is 1.14 bits per heavy atom. The molecule has 7 heteroatoms. The maximum absolute atomic E-state index is 12.8. The van der Waals surface area contributed by atoms with Gasteiger partial charge in [0.15, 0.2) is 11.5 Å². The number of carboxylic acids is 1. The summed E-state index contributed by atoms with van der Waals surface area (Å²) in [6.07, 6.45) is 3.35. The third-order valence-corrected chi connectivity index (χ3v) is 4.44. The lowest BCUT2D eigenvalue weighted by Crippen LogP contribution is -2.25. The molecule has 0 radical (unpaired) electrons. The maximum atomic E-state index is 12.8. The molecule has 0 aliphatic carbocycles. The molecule has 0 aliphatic rings. The van der Waals surface area contributed by atoms with Gasteiger partial charge in [0.25, 0.3) is 5.56 Å². The average Bonchev–Trinajstić information content (AvgIpc) is 2.72. The summed E-state index contributed by atoms with van der Waals surface area (Å²) in [5, 5.41) is 11.2. The van der Waals surface area contributed by atoms with Crippen LogP contribution in [0.5, 0.6) is 11.5 Å². The van der Waals surface area contributed by atoms with E-state index in [1.807, 2.05) is 19.9 Å². The lowest BCUT2D eigenvalue weighted by molar-refractivity contribution is -0.255. The van der Waals surface area contributed by atoms with Crippen LogP contribution in [0.2, 0.25) is 0 Å². The highest BCUT2D eigenvalue weighted by molar-refractivity contribution is 5.91. The molecule has 0 bridgehead atoms. The van der Waals surface area contributed by atoms with Crippen LogP contribution in [0.4, 0.5) is 0 Å². The Labute approximate surface area is 167 Å². The number of hydrogen-bond acceptors (Lipinski definition) is 6. The third kappa shape index (κ3) is 4.13. The molecule has 0 atom stereocenters. The van der Waals surface area contributed by atoms with Crippen molar-refractivity contribution in [1.82, 2.24) is 9.55 Å². The molecule has 0 unspecified atom stereocenters. The van der Waals surface area contributed by atoms with Crippen LogP contribution in [0, 0.1) is 0 Å². The number of methoxy groups -OCH3 is 1. The van der Waals surface area contributed by atoms with Gasteiger partial charge in [0.05, 0.1) is 30.7 Å². The fourth-order valence-electron chi connectivity index (χ4n) is 3.05. The van der Waals surface area contributed by atoms with Crippen molar-refractivity contribution in [3.05, 3.63) is 63.6 Å². The second-order valence-corrected chi connectivity index (χ2v) is 6.21. The zero-order valence-corrected chi connectivity index (χ0v) is 16.5. The summed E-state index contributed by atoms with van der Waals surface area (Å²) < 4.78 is 12.4. The van der Waals surface area contributed by atoms with E-state index in [0.29, 0.717) is 35.7 Å². The number of benzene rings is 2. The van der Waals surface area contributed by atoms with Crippen molar-refractivity contribution in [2.45, 2.75) is 20.4 Å². The van der Waals surface area contributed by atoms with Crippen LogP contribution in [0.25, 0.3) is 23.2 Å². The zero-order chi connectivity index (χ0) is 21.0. The number of fused-ring (bicyclic) bond motifs is 1. The first-order valence-electron chi connectivity index (χ1n) is 9.23. The number of aromatic nitrogens is 2. The van der Waals surface area contributed by atoms with Crippen molar-refractivity contribution >= 4 is 29.2 Å². The molecule has 2 aromatic carbocycles. The van der Waals surface area contributed by atoms with Gasteiger partial charge in [-0.15, -0.1) is 0 Å². The number of ether oxygens (including phenoxy) is 2. The highest BCUT2D eigenvalue weighted by atomic mass is 16.5. The molecule has 7 nitrogen and oxygen atoms in total. The largest absolute Gasteiger partial charge is 0.545 e. The van der Waals surface area contributed by atoms with Crippen LogP contribution in [-0.2, 0) is 6.54 Å². The van der Waals surface area contributed by atoms with Gasteiger partial charge in [-0.25, -0.2) is 4.98 Å². The monoisotopic (exact) mass is 393 g/mol. The van der Waals surface area contributed by atoms with E-state index in [9.17, 15) is 14.7 Å². The first-order valence-corrected chi connectivity index (χ1v) is 9.23. The average molecular weight is 393 g/mol. The normalized spacial score (nSPS) is 11.1. The molecular weight excluding hydrogens is 372 g/mol. The molecule has 0 saturated carbocycles. The van der Waals surface area contributed by atoms with Gasteiger partial charge < -0.3 is 23.9 Å². The Morgan fingerprint density at radius 2 is 1.93 bits per heavy atom. The van der Waals surface area contributed by atoms with Crippen LogP contribution >= 0.6 is 0 Å². The number of aromatic carboxylic acids is 1. The fourth-order valence-corrected chi connectivity index (χ4v) is 3.05. The summed E-state index contributed by atoms with van der Waals surface area (Å²) in [4.78, 5) is 28.3. The Bertz CT molecular complexity index is 1150. The second-order valence-electron chi connectivity index (χ2n) is 6.21. The zero-order valence-electron chi connectivity index (χ0n) is 16.5. The summed E-state index contributed by atoms with van der Waals surface area (Å²) in [6, 6.07) is 9.84. The van der Waals surface area contributed by atoms with E-state index in [1.54, 1.807) is 42.0 Å². The lowest BCUT2D eigenvalue weighted by Gasteiger charge is -2.11. The van der Waals surface area contributed by atoms with Gasteiger partial charge in [0.2, 0.25) is 0 Å². The molecule has 1 aromatic heterocycles. The first-order chi connectivity index (χ1) is 14.0. The van der Waals surface area contributed by atoms with Crippen LogP contribution in [0.1, 0.15) is 35.5 Å². The van der Waals surface area contributed by atoms with Gasteiger partial charge in [0.1, 0.15) is 5.69 Å². The Balaban J connectivity index is 2.06. The molecule has 0 fully saturated rings. The lowest BCUT2D eigenvalue weighted by atomic mass is 10.1. The number of carbonyl (C=O) groups is 1. The minimum atomic E-state index is -1.29. The van der Waals surface area contributed by atoms with Crippen LogP contribution in [-0.4, -0.2) is 29.2 Å². The number of carboxylic acid groups (broad SMARTS) is 1. The predicted octanol–water partition coefficient (Wildman–Crippen LogP) is 2.36. The summed E-state index contributed by atoms with van der Waals surface area (Å²) >= 11 is 0. The molecule has 3 rings (SSSR count). The van der Waals surface area contributed by atoms with E-state index in [0.717, 1.165) is 5.56 Å². The summed E-state index contributed by atoms with van der Waals surface area (Å²) in [5.74, 6) is -0.0642. The topological polar surface area (TPSA) is 93.5 Å². The molecule has 150 valence electrons. The van der Waals surface area contributed by atoms with E-state index in [4.69, 9.17) is 9.47 Å². The smallest absolute Gasteiger partial charge is 0.276 e. The summed E-state index contributed by atoms with van der Waals surface area (Å²) in [7, 11) is 1.56. The Hall–Kier alpha value is -3.61. The summed E-state index contributed by atoms with van der Waals surface area (Å²) in [5.41, 5.74) is 1.76. The number of nitrogens with zero attached hydrogens (tertiary/aromatic N) is 2. The van der Waals surface area contributed by atoms with Gasteiger partial charge in [-0.1, -0.05) is 18.2 Å². The van der Waals surface area contributed by atoms with E-state index >= 15 is 0 Å². The standard InChI is InChI=1S/C22H22N2O5/c1-4-24-18-10-8-15(22(26)27)13-17(18)23-16(21(24)25)9-6-14-7-11-19(29-5-2)20(12-14)28-3/h6-13H,4-5H2,1-3H3,(H,26,27)/p-1/b9-6+. The molecule has 29 heavy (non-hydrogen) atoms. The van der Waals surface area contributed by atoms with E-state index in [1.165, 1.54) is 12.1 Å². The molecule has 1 heterocycles. The van der Waals surface area contributed by atoms with Gasteiger partial charge in [-0.2, -0.15) is 0 Å². The molecule has 0 saturated heterocycles.